The van der Waals surface area contributed by atoms with Crippen LogP contribution in [0.1, 0.15) is 48.5 Å². The number of carbonyl (C=O) groups excluding carboxylic acids is 1. The third-order valence-corrected chi connectivity index (χ3v) is 5.20. The molecule has 2 fully saturated rings. The molecule has 3 atom stereocenters. The Balaban J connectivity index is 1.62. The van der Waals surface area contributed by atoms with E-state index in [1.54, 1.807) is 0 Å². The average Bonchev–Trinajstić information content (AvgIpc) is 3.08. The number of hydrogen-bond acceptors (Lipinski definition) is 2. The zero-order valence-electron chi connectivity index (χ0n) is 13.1. The molecule has 0 aliphatic heterocycles. The van der Waals surface area contributed by atoms with Gasteiger partial charge in [0.05, 0.1) is 5.56 Å². The van der Waals surface area contributed by atoms with Gasteiger partial charge in [-0.3, -0.25) is 4.79 Å². The molecule has 21 heavy (non-hydrogen) atoms. The zero-order chi connectivity index (χ0) is 14.8. The highest BCUT2D eigenvalue weighted by molar-refractivity contribution is 5.99. The summed E-state index contributed by atoms with van der Waals surface area (Å²) in [5.41, 5.74) is 2.89. The average molecular weight is 286 g/mol. The van der Waals surface area contributed by atoms with Gasteiger partial charge in [-0.25, -0.2) is 0 Å². The van der Waals surface area contributed by atoms with E-state index in [1.807, 2.05) is 12.1 Å². The molecule has 1 aromatic carbocycles. The smallest absolute Gasteiger partial charge is 0.253 e. The van der Waals surface area contributed by atoms with Gasteiger partial charge in [-0.2, -0.15) is 0 Å². The normalized spacial score (nSPS) is 26.9. The summed E-state index contributed by atoms with van der Waals surface area (Å²) < 4.78 is 0. The fourth-order valence-electron chi connectivity index (χ4n) is 4.14. The number of rotatable bonds is 5. The second-order valence-corrected chi connectivity index (χ2v) is 6.72. The quantitative estimate of drug-likeness (QED) is 0.868. The van der Waals surface area contributed by atoms with Gasteiger partial charge in [-0.05, 0) is 68.6 Å². The number of hydrogen-bond donors (Lipinski definition) is 2. The van der Waals surface area contributed by atoms with E-state index in [2.05, 4.69) is 30.5 Å². The molecule has 1 aromatic rings. The molecule has 0 aromatic heterocycles. The van der Waals surface area contributed by atoms with Crippen LogP contribution in [0, 0.1) is 24.7 Å². The van der Waals surface area contributed by atoms with Crippen LogP contribution in [0.15, 0.2) is 18.2 Å². The molecule has 2 bridgehead atoms. The van der Waals surface area contributed by atoms with Crippen LogP contribution in [0.3, 0.4) is 0 Å². The van der Waals surface area contributed by atoms with Crippen molar-refractivity contribution in [2.45, 2.75) is 39.5 Å². The summed E-state index contributed by atoms with van der Waals surface area (Å²) in [4.78, 5) is 12.5. The molecule has 2 N–H and O–H groups in total. The molecule has 3 rings (SSSR count). The summed E-state index contributed by atoms with van der Waals surface area (Å²) in [6.07, 6.45) is 5.50. The van der Waals surface area contributed by atoms with Gasteiger partial charge in [-0.1, -0.05) is 12.5 Å². The van der Waals surface area contributed by atoms with Crippen molar-refractivity contribution < 1.29 is 4.79 Å². The van der Waals surface area contributed by atoms with Crippen molar-refractivity contribution in [3.8, 4) is 0 Å². The van der Waals surface area contributed by atoms with E-state index in [9.17, 15) is 4.79 Å². The van der Waals surface area contributed by atoms with Crippen molar-refractivity contribution >= 4 is 11.6 Å². The predicted molar refractivity (Wildman–Crippen MR) is 86.6 cm³/mol. The summed E-state index contributed by atoms with van der Waals surface area (Å²) in [6, 6.07) is 5.99. The van der Waals surface area contributed by atoms with Crippen molar-refractivity contribution in [2.75, 3.05) is 18.4 Å². The van der Waals surface area contributed by atoms with Gasteiger partial charge in [0.15, 0.2) is 0 Å². The van der Waals surface area contributed by atoms with Crippen molar-refractivity contribution in [2.24, 2.45) is 17.8 Å². The second kappa shape index (κ2) is 6.08. The molecular weight excluding hydrogens is 260 g/mol. The Labute approximate surface area is 127 Å². The van der Waals surface area contributed by atoms with Gasteiger partial charge in [0.25, 0.3) is 5.91 Å². The fraction of sp³-hybridized carbons (Fsp3) is 0.611. The van der Waals surface area contributed by atoms with Crippen molar-refractivity contribution in [3.63, 3.8) is 0 Å². The van der Waals surface area contributed by atoms with Crippen LogP contribution < -0.4 is 10.6 Å². The first-order valence-corrected chi connectivity index (χ1v) is 8.30. The lowest BCUT2D eigenvalue weighted by molar-refractivity contribution is 0.0942. The van der Waals surface area contributed by atoms with Crippen LogP contribution in [-0.2, 0) is 0 Å². The molecule has 1 amide bonds. The molecule has 3 unspecified atom stereocenters. The standard InChI is InChI=1S/C18H26N2O/c1-3-19-17-8-12(2)4-7-16(17)18(21)20-11-15-10-13-5-6-14(15)9-13/h4,7-8,13-15,19H,3,5-6,9-11H2,1-2H3,(H,20,21). The summed E-state index contributed by atoms with van der Waals surface area (Å²) in [5.74, 6) is 2.57. The molecule has 0 radical (unpaired) electrons. The number of nitrogens with one attached hydrogen (secondary N) is 2. The molecule has 3 heteroatoms. The van der Waals surface area contributed by atoms with E-state index in [1.165, 1.54) is 31.2 Å². The fourth-order valence-corrected chi connectivity index (χ4v) is 4.14. The Kier molecular flexibility index (Phi) is 4.18. The Bertz CT molecular complexity index is 526. The van der Waals surface area contributed by atoms with Crippen LogP contribution >= 0.6 is 0 Å². The maximum absolute atomic E-state index is 12.5. The Morgan fingerprint density at radius 2 is 2.14 bits per heavy atom. The lowest BCUT2D eigenvalue weighted by Crippen LogP contribution is -2.32. The van der Waals surface area contributed by atoms with E-state index in [-0.39, 0.29) is 5.91 Å². The first-order valence-electron chi connectivity index (χ1n) is 8.30. The van der Waals surface area contributed by atoms with Crippen molar-refractivity contribution in [1.82, 2.24) is 5.32 Å². The SMILES string of the molecule is CCNc1cc(C)ccc1C(=O)NCC1CC2CCC1C2. The summed E-state index contributed by atoms with van der Waals surface area (Å²) in [6.45, 7) is 5.78. The molecule has 3 nitrogen and oxygen atoms in total. The van der Waals surface area contributed by atoms with Gasteiger partial charge < -0.3 is 10.6 Å². The molecular formula is C18H26N2O. The lowest BCUT2D eigenvalue weighted by atomic mass is 9.89. The number of carbonyl (C=O) groups is 1. The molecule has 2 saturated carbocycles. The van der Waals surface area contributed by atoms with E-state index in [0.29, 0.717) is 5.92 Å². The highest BCUT2D eigenvalue weighted by Crippen LogP contribution is 2.47. The second-order valence-electron chi connectivity index (χ2n) is 6.72. The third-order valence-electron chi connectivity index (χ3n) is 5.20. The molecule has 0 saturated heterocycles. The largest absolute Gasteiger partial charge is 0.385 e. The predicted octanol–water partition coefficient (Wildman–Crippen LogP) is 3.59. The minimum atomic E-state index is 0.0636. The van der Waals surface area contributed by atoms with Crippen LogP contribution in [0.5, 0.6) is 0 Å². The zero-order valence-corrected chi connectivity index (χ0v) is 13.1. The van der Waals surface area contributed by atoms with Gasteiger partial charge in [0, 0.05) is 18.8 Å². The molecule has 0 heterocycles. The van der Waals surface area contributed by atoms with E-state index in [0.717, 1.165) is 36.2 Å². The van der Waals surface area contributed by atoms with Crippen LogP contribution in [-0.4, -0.2) is 19.0 Å². The Hall–Kier alpha value is -1.51. The van der Waals surface area contributed by atoms with Crippen LogP contribution in [0.25, 0.3) is 0 Å². The van der Waals surface area contributed by atoms with Gasteiger partial charge in [0.2, 0.25) is 0 Å². The van der Waals surface area contributed by atoms with Gasteiger partial charge in [0.1, 0.15) is 0 Å². The number of benzene rings is 1. The van der Waals surface area contributed by atoms with Crippen molar-refractivity contribution in [1.29, 1.82) is 0 Å². The molecule has 0 spiro atoms. The Morgan fingerprint density at radius 1 is 1.29 bits per heavy atom. The third kappa shape index (κ3) is 3.07. The summed E-state index contributed by atoms with van der Waals surface area (Å²) in [5, 5.41) is 6.46. The maximum Gasteiger partial charge on any atom is 0.253 e. The highest BCUT2D eigenvalue weighted by Gasteiger charge is 2.39. The minimum absolute atomic E-state index is 0.0636. The van der Waals surface area contributed by atoms with Gasteiger partial charge in [-0.15, -0.1) is 0 Å². The number of amides is 1. The molecule has 114 valence electrons. The summed E-state index contributed by atoms with van der Waals surface area (Å²) >= 11 is 0. The monoisotopic (exact) mass is 286 g/mol. The Morgan fingerprint density at radius 3 is 2.81 bits per heavy atom. The van der Waals surface area contributed by atoms with E-state index in [4.69, 9.17) is 0 Å². The summed E-state index contributed by atoms with van der Waals surface area (Å²) in [7, 11) is 0. The number of aryl methyl sites for hydroxylation is 1. The van der Waals surface area contributed by atoms with E-state index >= 15 is 0 Å². The van der Waals surface area contributed by atoms with Gasteiger partial charge >= 0.3 is 0 Å². The van der Waals surface area contributed by atoms with Crippen molar-refractivity contribution in [3.05, 3.63) is 29.3 Å². The highest BCUT2D eigenvalue weighted by atomic mass is 16.1. The molecule has 2 aliphatic carbocycles. The first kappa shape index (κ1) is 14.4. The molecule has 2 aliphatic rings. The van der Waals surface area contributed by atoms with Crippen LogP contribution in [0.4, 0.5) is 5.69 Å². The first-order chi connectivity index (χ1) is 10.2. The topological polar surface area (TPSA) is 41.1 Å². The van der Waals surface area contributed by atoms with Crippen LogP contribution in [0.2, 0.25) is 0 Å². The lowest BCUT2D eigenvalue weighted by Gasteiger charge is -2.22. The number of fused-ring (bicyclic) bond motifs is 2. The van der Waals surface area contributed by atoms with E-state index < -0.39 is 0 Å². The minimum Gasteiger partial charge on any atom is -0.385 e. The number of anilines is 1. The maximum atomic E-state index is 12.5.